The molecule has 1 aliphatic carbocycles. The number of likely N-dealkylation sites (N-methyl/N-ethyl adjacent to an activating group) is 1. The van der Waals surface area contributed by atoms with Crippen molar-refractivity contribution in [2.24, 2.45) is 0 Å². The molecule has 1 fully saturated rings. The second-order valence-corrected chi connectivity index (χ2v) is 5.23. The number of nitrogens with zero attached hydrogens (tertiary/aromatic N) is 3. The largest absolute Gasteiger partial charge is 0.391 e. The molecule has 1 aromatic rings. The quantitative estimate of drug-likeness (QED) is 0.870. The molecule has 106 valence electrons. The first-order valence-electron chi connectivity index (χ1n) is 7.11. The Morgan fingerprint density at radius 3 is 2.79 bits per heavy atom. The van der Waals surface area contributed by atoms with Gasteiger partial charge in [0.25, 0.3) is 0 Å². The smallest absolute Gasteiger partial charge is 0.137 e. The van der Waals surface area contributed by atoms with E-state index < -0.39 is 0 Å². The standard InChI is InChI=1S/C14H24N4O/c1-4-15-13-10(2)14(17-9-16-13)18(3)11-7-5-6-8-12(11)19/h9,11-12,19H,4-8H2,1-3H3,(H,15,16,17). The van der Waals surface area contributed by atoms with E-state index in [1.54, 1.807) is 6.33 Å². The Hall–Kier alpha value is -1.36. The Balaban J connectivity index is 2.22. The summed E-state index contributed by atoms with van der Waals surface area (Å²) >= 11 is 0. The van der Waals surface area contributed by atoms with Crippen molar-refractivity contribution in [2.75, 3.05) is 23.8 Å². The molecule has 1 saturated carbocycles. The normalized spacial score (nSPS) is 23.2. The lowest BCUT2D eigenvalue weighted by molar-refractivity contribution is 0.106. The number of aliphatic hydroxyl groups excluding tert-OH is 1. The summed E-state index contributed by atoms with van der Waals surface area (Å²) in [6.07, 6.45) is 5.55. The fourth-order valence-corrected chi connectivity index (χ4v) is 2.84. The topological polar surface area (TPSA) is 61.3 Å². The predicted octanol–water partition coefficient (Wildman–Crippen LogP) is 1.96. The molecule has 2 atom stereocenters. The molecule has 0 amide bonds. The number of anilines is 2. The van der Waals surface area contributed by atoms with E-state index in [2.05, 4.69) is 27.1 Å². The molecule has 0 bridgehead atoms. The van der Waals surface area contributed by atoms with Crippen LogP contribution in [0, 0.1) is 6.92 Å². The van der Waals surface area contributed by atoms with Crippen LogP contribution in [0.2, 0.25) is 0 Å². The first kappa shape index (κ1) is 14.1. The van der Waals surface area contributed by atoms with Gasteiger partial charge in [-0.1, -0.05) is 12.8 Å². The van der Waals surface area contributed by atoms with Crippen LogP contribution in [0.15, 0.2) is 6.33 Å². The third kappa shape index (κ3) is 2.97. The van der Waals surface area contributed by atoms with Crippen molar-refractivity contribution in [1.29, 1.82) is 0 Å². The van der Waals surface area contributed by atoms with Crippen molar-refractivity contribution in [3.63, 3.8) is 0 Å². The van der Waals surface area contributed by atoms with Gasteiger partial charge in [0, 0.05) is 19.2 Å². The zero-order valence-electron chi connectivity index (χ0n) is 12.1. The third-order valence-electron chi connectivity index (χ3n) is 3.93. The molecule has 1 heterocycles. The van der Waals surface area contributed by atoms with Gasteiger partial charge in [-0.05, 0) is 26.7 Å². The highest BCUT2D eigenvalue weighted by molar-refractivity contribution is 5.58. The van der Waals surface area contributed by atoms with E-state index in [4.69, 9.17) is 0 Å². The molecule has 0 aromatic carbocycles. The zero-order chi connectivity index (χ0) is 13.8. The van der Waals surface area contributed by atoms with Crippen LogP contribution in [0.1, 0.15) is 38.2 Å². The van der Waals surface area contributed by atoms with Gasteiger partial charge in [0.15, 0.2) is 0 Å². The van der Waals surface area contributed by atoms with Gasteiger partial charge < -0.3 is 15.3 Å². The maximum Gasteiger partial charge on any atom is 0.137 e. The molecule has 19 heavy (non-hydrogen) atoms. The minimum atomic E-state index is -0.254. The van der Waals surface area contributed by atoms with Gasteiger partial charge in [-0.25, -0.2) is 9.97 Å². The van der Waals surface area contributed by atoms with Crippen LogP contribution in [0.4, 0.5) is 11.6 Å². The lowest BCUT2D eigenvalue weighted by Crippen LogP contribution is -2.44. The van der Waals surface area contributed by atoms with Crippen LogP contribution in [0.5, 0.6) is 0 Å². The Morgan fingerprint density at radius 1 is 1.37 bits per heavy atom. The van der Waals surface area contributed by atoms with Crippen molar-refractivity contribution in [2.45, 2.75) is 51.7 Å². The molecule has 0 aliphatic heterocycles. The molecule has 0 saturated heterocycles. The minimum Gasteiger partial charge on any atom is -0.391 e. The van der Waals surface area contributed by atoms with E-state index >= 15 is 0 Å². The average molecular weight is 264 g/mol. The van der Waals surface area contributed by atoms with E-state index in [9.17, 15) is 5.11 Å². The lowest BCUT2D eigenvalue weighted by atomic mass is 9.91. The molecule has 0 spiro atoms. The number of nitrogens with one attached hydrogen (secondary N) is 1. The van der Waals surface area contributed by atoms with E-state index in [0.717, 1.165) is 43.0 Å². The van der Waals surface area contributed by atoms with Crippen LogP contribution in [0.25, 0.3) is 0 Å². The van der Waals surface area contributed by atoms with Gasteiger partial charge in [-0.15, -0.1) is 0 Å². The minimum absolute atomic E-state index is 0.164. The number of hydrogen-bond donors (Lipinski definition) is 2. The van der Waals surface area contributed by atoms with Crippen LogP contribution in [0.3, 0.4) is 0 Å². The summed E-state index contributed by atoms with van der Waals surface area (Å²) in [5.74, 6) is 1.79. The molecule has 0 radical (unpaired) electrons. The first-order valence-corrected chi connectivity index (χ1v) is 7.11. The first-order chi connectivity index (χ1) is 9.15. The van der Waals surface area contributed by atoms with Gasteiger partial charge in [-0.2, -0.15) is 0 Å². The van der Waals surface area contributed by atoms with E-state index in [0.29, 0.717) is 0 Å². The molecule has 1 aromatic heterocycles. The molecule has 2 N–H and O–H groups in total. The van der Waals surface area contributed by atoms with Gasteiger partial charge >= 0.3 is 0 Å². The molecule has 5 nitrogen and oxygen atoms in total. The number of hydrogen-bond acceptors (Lipinski definition) is 5. The van der Waals surface area contributed by atoms with Crippen LogP contribution < -0.4 is 10.2 Å². The highest BCUT2D eigenvalue weighted by atomic mass is 16.3. The third-order valence-corrected chi connectivity index (χ3v) is 3.93. The second-order valence-electron chi connectivity index (χ2n) is 5.23. The van der Waals surface area contributed by atoms with Gasteiger partial charge in [0.1, 0.15) is 18.0 Å². The van der Waals surface area contributed by atoms with Crippen LogP contribution in [-0.4, -0.2) is 40.8 Å². The number of aromatic nitrogens is 2. The van der Waals surface area contributed by atoms with Crippen LogP contribution in [-0.2, 0) is 0 Å². The summed E-state index contributed by atoms with van der Waals surface area (Å²) in [5, 5.41) is 13.4. The summed E-state index contributed by atoms with van der Waals surface area (Å²) in [4.78, 5) is 10.8. The maximum atomic E-state index is 10.2. The Labute approximate surface area is 115 Å². The summed E-state index contributed by atoms with van der Waals surface area (Å²) in [6.45, 7) is 4.92. The second kappa shape index (κ2) is 6.19. The van der Waals surface area contributed by atoms with Crippen LogP contribution >= 0.6 is 0 Å². The fraction of sp³-hybridized carbons (Fsp3) is 0.714. The van der Waals surface area contributed by atoms with Crippen molar-refractivity contribution in [1.82, 2.24) is 9.97 Å². The Bertz CT molecular complexity index is 424. The average Bonchev–Trinajstić information content (AvgIpc) is 2.41. The molecule has 2 rings (SSSR count). The van der Waals surface area contributed by atoms with Crippen molar-refractivity contribution in [3.05, 3.63) is 11.9 Å². The molecule has 1 aliphatic rings. The highest BCUT2D eigenvalue weighted by Crippen LogP contribution is 2.28. The summed E-state index contributed by atoms with van der Waals surface area (Å²) < 4.78 is 0. The fourth-order valence-electron chi connectivity index (χ4n) is 2.84. The SMILES string of the molecule is CCNc1ncnc(N(C)C2CCCCC2O)c1C. The molecular formula is C14H24N4O. The number of aliphatic hydroxyl groups is 1. The predicted molar refractivity (Wildman–Crippen MR) is 77.6 cm³/mol. The van der Waals surface area contributed by atoms with E-state index in [1.807, 2.05) is 14.0 Å². The van der Waals surface area contributed by atoms with Gasteiger partial charge in [0.2, 0.25) is 0 Å². The Kier molecular flexibility index (Phi) is 4.58. The highest BCUT2D eigenvalue weighted by Gasteiger charge is 2.28. The Morgan fingerprint density at radius 2 is 2.11 bits per heavy atom. The van der Waals surface area contributed by atoms with E-state index in [-0.39, 0.29) is 12.1 Å². The van der Waals surface area contributed by atoms with Gasteiger partial charge in [-0.3, -0.25) is 0 Å². The summed E-state index contributed by atoms with van der Waals surface area (Å²) in [7, 11) is 2.02. The molecule has 5 heteroatoms. The monoisotopic (exact) mass is 264 g/mol. The summed E-state index contributed by atoms with van der Waals surface area (Å²) in [6, 6.07) is 0.164. The lowest BCUT2D eigenvalue weighted by Gasteiger charge is -2.36. The zero-order valence-corrected chi connectivity index (χ0v) is 12.1. The number of rotatable bonds is 4. The maximum absolute atomic E-state index is 10.2. The summed E-state index contributed by atoms with van der Waals surface area (Å²) in [5.41, 5.74) is 1.05. The van der Waals surface area contributed by atoms with Crippen molar-refractivity contribution in [3.8, 4) is 0 Å². The van der Waals surface area contributed by atoms with Gasteiger partial charge in [0.05, 0.1) is 12.1 Å². The van der Waals surface area contributed by atoms with E-state index in [1.165, 1.54) is 6.42 Å². The van der Waals surface area contributed by atoms with Crippen molar-refractivity contribution < 1.29 is 5.11 Å². The van der Waals surface area contributed by atoms with Crippen molar-refractivity contribution >= 4 is 11.6 Å². The molecule has 2 unspecified atom stereocenters. The molecular weight excluding hydrogens is 240 g/mol.